The molecule has 0 saturated carbocycles. The molecule has 9 heteroatoms. The van der Waals surface area contributed by atoms with Gasteiger partial charge in [-0.3, -0.25) is 9.10 Å². The zero-order chi connectivity index (χ0) is 20.5. The number of carbonyl (C=O) groups is 2. The van der Waals surface area contributed by atoms with Crippen molar-refractivity contribution in [2.24, 2.45) is 0 Å². The van der Waals surface area contributed by atoms with Gasteiger partial charge in [-0.15, -0.1) is 0 Å². The lowest BCUT2D eigenvalue weighted by molar-refractivity contribution is -0.122. The average molecular weight is 404 g/mol. The van der Waals surface area contributed by atoms with Gasteiger partial charge < -0.3 is 14.8 Å². The highest BCUT2D eigenvalue weighted by molar-refractivity contribution is 7.92. The number of nitrogens with one attached hydrogen (secondary N) is 1. The highest BCUT2D eigenvalue weighted by atomic mass is 32.2. The van der Waals surface area contributed by atoms with E-state index in [2.05, 4.69) is 10.1 Å². The van der Waals surface area contributed by atoms with E-state index in [4.69, 9.17) is 4.74 Å². The smallest absolute Gasteiger partial charge is 0.337 e. The van der Waals surface area contributed by atoms with E-state index in [1.54, 1.807) is 30.3 Å². The van der Waals surface area contributed by atoms with E-state index in [1.165, 1.54) is 23.5 Å². The van der Waals surface area contributed by atoms with Gasteiger partial charge in [-0.1, -0.05) is 6.07 Å². The van der Waals surface area contributed by atoms with Crippen molar-refractivity contribution in [2.75, 3.05) is 29.5 Å². The monoisotopic (exact) mass is 404 g/mol. The molecule has 1 aliphatic rings. The Kier molecular flexibility index (Phi) is 5.28. The summed E-state index contributed by atoms with van der Waals surface area (Å²) >= 11 is 0. The molecule has 1 amide bonds. The van der Waals surface area contributed by atoms with Crippen LogP contribution in [-0.4, -0.2) is 46.3 Å². The summed E-state index contributed by atoms with van der Waals surface area (Å²) in [4.78, 5) is 24.1. The van der Waals surface area contributed by atoms with Gasteiger partial charge in [0.1, 0.15) is 5.75 Å². The summed E-state index contributed by atoms with van der Waals surface area (Å²) in [6.45, 7) is 1.71. The van der Waals surface area contributed by atoms with Crippen molar-refractivity contribution in [2.45, 2.75) is 13.0 Å². The van der Waals surface area contributed by atoms with Crippen molar-refractivity contribution in [1.82, 2.24) is 0 Å². The van der Waals surface area contributed by atoms with Crippen LogP contribution < -0.4 is 14.4 Å². The van der Waals surface area contributed by atoms with Crippen molar-refractivity contribution in [3.63, 3.8) is 0 Å². The number of rotatable bonds is 4. The number of nitrogens with zero attached hydrogens (tertiary/aromatic N) is 1. The molecular weight excluding hydrogens is 384 g/mol. The maximum atomic E-state index is 12.6. The summed E-state index contributed by atoms with van der Waals surface area (Å²) < 4.78 is 36.0. The second kappa shape index (κ2) is 7.51. The van der Waals surface area contributed by atoms with Crippen LogP contribution >= 0.6 is 0 Å². The molecule has 2 aromatic rings. The minimum absolute atomic E-state index is 0.138. The molecule has 0 aliphatic carbocycles. The Balaban J connectivity index is 1.81. The molecule has 8 nitrogen and oxygen atoms in total. The summed E-state index contributed by atoms with van der Waals surface area (Å²) in [6, 6.07) is 11.3. The molecule has 1 atom stereocenters. The van der Waals surface area contributed by atoms with Crippen LogP contribution in [0.25, 0.3) is 0 Å². The Morgan fingerprint density at radius 3 is 2.46 bits per heavy atom. The highest BCUT2D eigenvalue weighted by Crippen LogP contribution is 2.36. The molecule has 0 radical (unpaired) electrons. The third kappa shape index (κ3) is 4.09. The fourth-order valence-electron chi connectivity index (χ4n) is 2.84. The standard InChI is InChI=1S/C19H20N2O6S/c1-12-4-9-16-15(10-12)21(28(3,24)25)11-17(27-16)18(22)20-14-7-5-13(6-8-14)19(23)26-2/h4-10,17H,11H2,1-3H3,(H,20,22)/t17-/m1/s1. The third-order valence-electron chi connectivity index (χ3n) is 4.25. The van der Waals surface area contributed by atoms with Crippen molar-refractivity contribution in [3.05, 3.63) is 53.6 Å². The topological polar surface area (TPSA) is 102 Å². The van der Waals surface area contributed by atoms with Crippen molar-refractivity contribution in [1.29, 1.82) is 0 Å². The lowest BCUT2D eigenvalue weighted by Gasteiger charge is -2.34. The minimum atomic E-state index is -3.59. The fourth-order valence-corrected chi connectivity index (χ4v) is 3.75. The Labute approximate surface area is 163 Å². The summed E-state index contributed by atoms with van der Waals surface area (Å²) in [5, 5.41) is 2.67. The number of anilines is 2. The second-order valence-corrected chi connectivity index (χ2v) is 8.34. The summed E-state index contributed by atoms with van der Waals surface area (Å²) in [6.07, 6.45) is 0.0653. The molecule has 0 spiro atoms. The van der Waals surface area contributed by atoms with Crippen LogP contribution in [0, 0.1) is 6.92 Å². The maximum absolute atomic E-state index is 12.6. The minimum Gasteiger partial charge on any atom is -0.476 e. The number of benzene rings is 2. The first-order chi connectivity index (χ1) is 13.2. The van der Waals surface area contributed by atoms with Gasteiger partial charge >= 0.3 is 5.97 Å². The van der Waals surface area contributed by atoms with Gasteiger partial charge in [-0.2, -0.15) is 0 Å². The zero-order valence-electron chi connectivity index (χ0n) is 15.6. The lowest BCUT2D eigenvalue weighted by Crippen LogP contribution is -2.48. The van der Waals surface area contributed by atoms with E-state index >= 15 is 0 Å². The average Bonchev–Trinajstić information content (AvgIpc) is 2.66. The van der Waals surface area contributed by atoms with Gasteiger partial charge in [0.2, 0.25) is 10.0 Å². The molecular formula is C19H20N2O6S. The van der Waals surface area contributed by atoms with Gasteiger partial charge in [-0.05, 0) is 48.9 Å². The number of hydrogen-bond acceptors (Lipinski definition) is 6. The van der Waals surface area contributed by atoms with E-state index < -0.39 is 28.0 Å². The molecule has 1 aliphatic heterocycles. The number of esters is 1. The van der Waals surface area contributed by atoms with Crippen molar-refractivity contribution < 1.29 is 27.5 Å². The molecule has 148 valence electrons. The van der Waals surface area contributed by atoms with Crippen LogP contribution in [0.2, 0.25) is 0 Å². The maximum Gasteiger partial charge on any atom is 0.337 e. The largest absolute Gasteiger partial charge is 0.476 e. The summed E-state index contributed by atoms with van der Waals surface area (Å²) in [5.74, 6) is -0.654. The van der Waals surface area contributed by atoms with Gasteiger partial charge in [0.05, 0.1) is 31.2 Å². The number of amides is 1. The van der Waals surface area contributed by atoms with Crippen molar-refractivity contribution >= 4 is 33.3 Å². The molecule has 3 rings (SSSR count). The van der Waals surface area contributed by atoms with Crippen LogP contribution in [-0.2, 0) is 19.6 Å². The Morgan fingerprint density at radius 2 is 1.86 bits per heavy atom. The predicted octanol–water partition coefficient (Wildman–Crippen LogP) is 1.95. The number of fused-ring (bicyclic) bond motifs is 1. The van der Waals surface area contributed by atoms with E-state index in [0.29, 0.717) is 22.7 Å². The van der Waals surface area contributed by atoms with Gasteiger partial charge in [0.25, 0.3) is 5.91 Å². The number of methoxy groups -OCH3 is 1. The van der Waals surface area contributed by atoms with Crippen LogP contribution in [0.15, 0.2) is 42.5 Å². The van der Waals surface area contributed by atoms with Crippen LogP contribution in [0.5, 0.6) is 5.75 Å². The Hall–Kier alpha value is -3.07. The molecule has 0 fully saturated rings. The number of carbonyl (C=O) groups excluding carboxylic acids is 2. The van der Waals surface area contributed by atoms with Crippen molar-refractivity contribution in [3.8, 4) is 5.75 Å². The quantitative estimate of drug-likeness (QED) is 0.782. The van der Waals surface area contributed by atoms with E-state index in [-0.39, 0.29) is 6.54 Å². The SMILES string of the molecule is COC(=O)c1ccc(NC(=O)[C@H]2CN(S(C)(=O)=O)c3cc(C)ccc3O2)cc1. The Morgan fingerprint density at radius 1 is 1.18 bits per heavy atom. The molecule has 2 aromatic carbocycles. The third-order valence-corrected chi connectivity index (χ3v) is 5.40. The molecule has 0 bridgehead atoms. The first-order valence-electron chi connectivity index (χ1n) is 8.43. The number of aryl methyl sites for hydroxylation is 1. The zero-order valence-corrected chi connectivity index (χ0v) is 16.4. The van der Waals surface area contributed by atoms with Crippen LogP contribution in [0.3, 0.4) is 0 Å². The summed E-state index contributed by atoms with van der Waals surface area (Å²) in [5.41, 5.74) is 2.09. The number of sulfonamides is 1. The van der Waals surface area contributed by atoms with Gasteiger partial charge in [0.15, 0.2) is 6.10 Å². The first kappa shape index (κ1) is 19.7. The number of ether oxygens (including phenoxy) is 2. The number of hydrogen-bond donors (Lipinski definition) is 1. The van der Waals surface area contributed by atoms with E-state index in [0.717, 1.165) is 11.8 Å². The first-order valence-corrected chi connectivity index (χ1v) is 10.3. The Bertz CT molecular complexity index is 1020. The molecule has 28 heavy (non-hydrogen) atoms. The molecule has 0 saturated heterocycles. The molecule has 1 N–H and O–H groups in total. The summed E-state index contributed by atoms with van der Waals surface area (Å²) in [7, 11) is -2.31. The molecule has 0 unspecified atom stereocenters. The van der Waals surface area contributed by atoms with Crippen LogP contribution in [0.4, 0.5) is 11.4 Å². The lowest BCUT2D eigenvalue weighted by atomic mass is 10.1. The second-order valence-electron chi connectivity index (χ2n) is 6.43. The molecule has 1 heterocycles. The van der Waals surface area contributed by atoms with Crippen LogP contribution in [0.1, 0.15) is 15.9 Å². The fraction of sp³-hybridized carbons (Fsp3) is 0.263. The normalized spacial score (nSPS) is 16.0. The predicted molar refractivity (Wildman–Crippen MR) is 104 cm³/mol. The molecule has 0 aromatic heterocycles. The highest BCUT2D eigenvalue weighted by Gasteiger charge is 2.35. The van der Waals surface area contributed by atoms with Gasteiger partial charge in [0, 0.05) is 5.69 Å². The van der Waals surface area contributed by atoms with Gasteiger partial charge in [-0.25, -0.2) is 13.2 Å². The van der Waals surface area contributed by atoms with E-state index in [9.17, 15) is 18.0 Å². The van der Waals surface area contributed by atoms with E-state index in [1.807, 2.05) is 6.92 Å².